The first-order valence-corrected chi connectivity index (χ1v) is 6.30. The maximum Gasteiger partial charge on any atom is 0.229 e. The molecule has 0 aliphatic carbocycles. The summed E-state index contributed by atoms with van der Waals surface area (Å²) in [7, 11) is 0. The fraction of sp³-hybridized carbons (Fsp3) is 0. The van der Waals surface area contributed by atoms with Crippen LogP contribution in [0.3, 0.4) is 0 Å². The van der Waals surface area contributed by atoms with Gasteiger partial charge in [-0.3, -0.25) is 5.10 Å². The molecule has 2 N–H and O–H groups in total. The Morgan fingerprint density at radius 1 is 1.10 bits per heavy atom. The van der Waals surface area contributed by atoms with Crippen molar-refractivity contribution in [3.05, 3.63) is 48.9 Å². The molecule has 8 nitrogen and oxygen atoms in total. The number of nitrogens with zero attached hydrogens (tertiary/aromatic N) is 6. The number of H-pyrrole nitrogens is 1. The first kappa shape index (κ1) is 11.5. The summed E-state index contributed by atoms with van der Waals surface area (Å²) >= 11 is 0. The third kappa shape index (κ3) is 2.08. The number of hydrogen-bond donors (Lipinski definition) is 2. The van der Waals surface area contributed by atoms with Gasteiger partial charge in [-0.15, -0.1) is 5.10 Å². The van der Waals surface area contributed by atoms with Gasteiger partial charge in [0.05, 0.1) is 23.8 Å². The van der Waals surface area contributed by atoms with Crippen LogP contribution in [0.5, 0.6) is 0 Å². The lowest BCUT2D eigenvalue weighted by Gasteiger charge is -2.03. The molecule has 0 aliphatic heterocycles. The van der Waals surface area contributed by atoms with Crippen LogP contribution in [0, 0.1) is 0 Å². The molecule has 4 aromatic rings. The highest BCUT2D eigenvalue weighted by Crippen LogP contribution is 2.16. The average molecular weight is 278 g/mol. The molecule has 4 rings (SSSR count). The van der Waals surface area contributed by atoms with Crippen molar-refractivity contribution in [3.63, 3.8) is 0 Å². The van der Waals surface area contributed by atoms with Gasteiger partial charge in [-0.25, -0.2) is 4.98 Å². The van der Waals surface area contributed by atoms with Crippen LogP contribution in [0.2, 0.25) is 0 Å². The summed E-state index contributed by atoms with van der Waals surface area (Å²) in [5.74, 6) is 0.461. The zero-order chi connectivity index (χ0) is 14.1. The van der Waals surface area contributed by atoms with Gasteiger partial charge in [0.1, 0.15) is 0 Å². The highest BCUT2D eigenvalue weighted by atomic mass is 15.4. The molecule has 0 amide bonds. The SMILES string of the molecule is c1ccc(-n2nnc3cnc(Nc4cn[nH]c4)nc32)cc1. The van der Waals surface area contributed by atoms with Crippen molar-refractivity contribution < 1.29 is 0 Å². The van der Waals surface area contributed by atoms with Gasteiger partial charge in [0.25, 0.3) is 0 Å². The Kier molecular flexibility index (Phi) is 2.57. The molecule has 21 heavy (non-hydrogen) atoms. The van der Waals surface area contributed by atoms with Gasteiger partial charge in [0.15, 0.2) is 11.2 Å². The number of rotatable bonds is 3. The van der Waals surface area contributed by atoms with Gasteiger partial charge in [-0.1, -0.05) is 23.4 Å². The minimum absolute atomic E-state index is 0.461. The molecule has 0 spiro atoms. The topological polar surface area (TPSA) is 97.2 Å². The van der Waals surface area contributed by atoms with Crippen LogP contribution < -0.4 is 5.32 Å². The van der Waals surface area contributed by atoms with E-state index in [1.165, 1.54) is 0 Å². The third-order valence-electron chi connectivity index (χ3n) is 2.95. The number of para-hydroxylation sites is 1. The van der Waals surface area contributed by atoms with Crippen LogP contribution in [0.15, 0.2) is 48.9 Å². The maximum absolute atomic E-state index is 4.46. The Balaban J connectivity index is 1.79. The fourth-order valence-electron chi connectivity index (χ4n) is 1.98. The van der Waals surface area contributed by atoms with E-state index in [4.69, 9.17) is 0 Å². The zero-order valence-corrected chi connectivity index (χ0v) is 10.8. The van der Waals surface area contributed by atoms with Crippen LogP contribution in [0.1, 0.15) is 0 Å². The number of nitrogens with one attached hydrogen (secondary N) is 2. The van der Waals surface area contributed by atoms with Crippen molar-refractivity contribution in [2.75, 3.05) is 5.32 Å². The van der Waals surface area contributed by atoms with Gasteiger partial charge in [-0.05, 0) is 12.1 Å². The lowest BCUT2D eigenvalue weighted by Crippen LogP contribution is -2.00. The molecule has 0 bridgehead atoms. The Hall–Kier alpha value is -3.29. The van der Waals surface area contributed by atoms with Crippen LogP contribution in [0.4, 0.5) is 11.6 Å². The highest BCUT2D eigenvalue weighted by molar-refractivity contribution is 5.72. The summed E-state index contributed by atoms with van der Waals surface area (Å²) in [6.07, 6.45) is 5.01. The lowest BCUT2D eigenvalue weighted by atomic mass is 10.3. The standard InChI is InChI=1S/C13H10N8/c1-2-4-10(5-3-1)21-12-11(19-20-21)8-14-13(18-12)17-9-6-15-16-7-9/h1-8H,(H,15,16)(H,14,17,18). The van der Waals surface area contributed by atoms with Crippen molar-refractivity contribution in [1.82, 2.24) is 35.2 Å². The van der Waals surface area contributed by atoms with E-state index in [1.807, 2.05) is 30.3 Å². The Labute approximate surface area is 118 Å². The molecule has 0 fully saturated rings. The molecule has 0 unspecified atom stereocenters. The summed E-state index contributed by atoms with van der Waals surface area (Å²) in [6.45, 7) is 0. The fourth-order valence-corrected chi connectivity index (χ4v) is 1.98. The molecule has 102 valence electrons. The largest absolute Gasteiger partial charge is 0.321 e. The zero-order valence-electron chi connectivity index (χ0n) is 10.8. The quantitative estimate of drug-likeness (QED) is 0.591. The molecular weight excluding hydrogens is 268 g/mol. The molecule has 3 aromatic heterocycles. The number of aromatic amines is 1. The number of anilines is 2. The van der Waals surface area contributed by atoms with E-state index in [1.54, 1.807) is 23.3 Å². The summed E-state index contributed by atoms with van der Waals surface area (Å²) < 4.78 is 1.68. The number of hydrogen-bond acceptors (Lipinski definition) is 6. The monoisotopic (exact) mass is 278 g/mol. The predicted octanol–water partition coefficient (Wildman–Crippen LogP) is 1.68. The second-order valence-corrected chi connectivity index (χ2v) is 4.35. The predicted molar refractivity (Wildman–Crippen MR) is 76.3 cm³/mol. The maximum atomic E-state index is 4.46. The third-order valence-corrected chi connectivity index (χ3v) is 2.95. The Morgan fingerprint density at radius 2 is 2.00 bits per heavy atom. The van der Waals surface area contributed by atoms with Crippen LogP contribution >= 0.6 is 0 Å². The van der Waals surface area contributed by atoms with Gasteiger partial charge in [-0.2, -0.15) is 14.8 Å². The Morgan fingerprint density at radius 3 is 2.81 bits per heavy atom. The van der Waals surface area contributed by atoms with Gasteiger partial charge >= 0.3 is 0 Å². The molecule has 8 heteroatoms. The van der Waals surface area contributed by atoms with Crippen molar-refractivity contribution in [1.29, 1.82) is 0 Å². The molecule has 0 atom stereocenters. The molecule has 0 radical (unpaired) electrons. The van der Waals surface area contributed by atoms with Crippen molar-refractivity contribution in [2.24, 2.45) is 0 Å². The average Bonchev–Trinajstić information content (AvgIpc) is 3.17. The van der Waals surface area contributed by atoms with Crippen molar-refractivity contribution in [2.45, 2.75) is 0 Å². The van der Waals surface area contributed by atoms with E-state index < -0.39 is 0 Å². The molecule has 0 saturated heterocycles. The van der Waals surface area contributed by atoms with Gasteiger partial charge in [0.2, 0.25) is 5.95 Å². The summed E-state index contributed by atoms with van der Waals surface area (Å²) in [6, 6.07) is 9.71. The minimum atomic E-state index is 0.461. The van der Waals surface area contributed by atoms with Gasteiger partial charge in [0, 0.05) is 6.20 Å². The molecule has 3 heterocycles. The van der Waals surface area contributed by atoms with Crippen LogP contribution in [-0.4, -0.2) is 35.2 Å². The van der Waals surface area contributed by atoms with Crippen molar-refractivity contribution in [3.8, 4) is 5.69 Å². The minimum Gasteiger partial charge on any atom is -0.321 e. The normalized spacial score (nSPS) is 10.9. The van der Waals surface area contributed by atoms with Gasteiger partial charge < -0.3 is 5.32 Å². The highest BCUT2D eigenvalue weighted by Gasteiger charge is 2.10. The smallest absolute Gasteiger partial charge is 0.229 e. The van der Waals surface area contributed by atoms with Crippen LogP contribution in [0.25, 0.3) is 16.9 Å². The van der Waals surface area contributed by atoms with Crippen LogP contribution in [-0.2, 0) is 0 Å². The second kappa shape index (κ2) is 4.67. The van der Waals surface area contributed by atoms with E-state index in [0.29, 0.717) is 17.1 Å². The number of fused-ring (bicyclic) bond motifs is 1. The number of aromatic nitrogens is 7. The van der Waals surface area contributed by atoms with E-state index in [0.717, 1.165) is 11.4 Å². The molecule has 1 aromatic carbocycles. The Bertz CT molecular complexity index is 866. The number of benzene rings is 1. The molecular formula is C13H10N8. The van der Waals surface area contributed by atoms with E-state index in [2.05, 4.69) is 35.8 Å². The van der Waals surface area contributed by atoms with Crippen molar-refractivity contribution >= 4 is 22.8 Å². The molecule has 0 aliphatic rings. The van der Waals surface area contributed by atoms with E-state index >= 15 is 0 Å². The first-order valence-electron chi connectivity index (χ1n) is 6.30. The summed E-state index contributed by atoms with van der Waals surface area (Å²) in [4.78, 5) is 8.67. The second-order valence-electron chi connectivity index (χ2n) is 4.35. The summed E-state index contributed by atoms with van der Waals surface area (Å²) in [5.41, 5.74) is 2.96. The van der Waals surface area contributed by atoms with E-state index in [-0.39, 0.29) is 0 Å². The first-order chi connectivity index (χ1) is 10.4. The lowest BCUT2D eigenvalue weighted by molar-refractivity contribution is 0.817. The molecule has 0 saturated carbocycles. The summed E-state index contributed by atoms with van der Waals surface area (Å²) in [5, 5.41) is 17.8. The van der Waals surface area contributed by atoms with E-state index in [9.17, 15) is 0 Å².